The fraction of sp³-hybridized carbons (Fsp3) is 0.176. The molecule has 3 rings (SSSR count). The summed E-state index contributed by atoms with van der Waals surface area (Å²) in [6.07, 6.45) is 0. The molecule has 0 saturated carbocycles. The maximum Gasteiger partial charge on any atom is 0.341 e. The van der Waals surface area contributed by atoms with Gasteiger partial charge < -0.3 is 15.8 Å². The summed E-state index contributed by atoms with van der Waals surface area (Å²) in [5.74, 6) is -0.608. The summed E-state index contributed by atoms with van der Waals surface area (Å²) < 4.78 is 5.17. The zero-order valence-corrected chi connectivity index (χ0v) is 17.1. The van der Waals surface area contributed by atoms with Crippen LogP contribution in [0.2, 0.25) is 5.02 Å². The Morgan fingerprint density at radius 1 is 1.36 bits per heavy atom. The smallest absolute Gasteiger partial charge is 0.341 e. The van der Waals surface area contributed by atoms with Crippen molar-refractivity contribution < 1.29 is 14.3 Å². The lowest BCUT2D eigenvalue weighted by Gasteiger charge is -2.09. The minimum atomic E-state index is -0.525. The molecule has 0 unspecified atom stereocenters. The molecule has 2 aromatic heterocycles. The lowest BCUT2D eigenvalue weighted by Crippen LogP contribution is -2.16. The Kier molecular flexibility index (Phi) is 6.55. The number of carbonyl (C=O) groups excluding carboxylic acids is 2. The number of thioether (sulfide) groups is 1. The molecule has 2 heterocycles. The van der Waals surface area contributed by atoms with E-state index in [1.54, 1.807) is 24.4 Å². The Hall–Kier alpha value is -2.56. The van der Waals surface area contributed by atoms with Crippen LogP contribution in [0.5, 0.6) is 0 Å². The molecular weight excluding hydrogens is 422 g/mol. The topological polar surface area (TPSA) is 123 Å². The van der Waals surface area contributed by atoms with E-state index in [4.69, 9.17) is 22.1 Å². The number of thiophene rings is 1. The van der Waals surface area contributed by atoms with Gasteiger partial charge in [0.05, 0.1) is 12.4 Å². The summed E-state index contributed by atoms with van der Waals surface area (Å²) in [6, 6.07) is 7.17. The highest BCUT2D eigenvalue weighted by Gasteiger charge is 2.24. The number of nitrogens with one attached hydrogen (secondary N) is 2. The number of rotatable bonds is 7. The number of aromatic amines is 1. The minimum absolute atomic E-state index is 0.0544. The van der Waals surface area contributed by atoms with E-state index in [0.29, 0.717) is 26.3 Å². The maximum absolute atomic E-state index is 12.5. The molecular formula is C17H16ClN5O3S2. The number of hydrogen-bond donors (Lipinski definition) is 3. The standard InChI is InChI=1S/C17H16ClN5O3S2/c1-2-26-15(25)13-10(9-5-3-4-6-11(9)18)7-27-14(13)20-12(24)8-28-17-21-16(19)22-23-17/h3-7H,2,8H2,1H3,(H,20,24)(H3,19,21,22,23). The van der Waals surface area contributed by atoms with E-state index in [9.17, 15) is 9.59 Å². The molecule has 1 amide bonds. The van der Waals surface area contributed by atoms with Crippen LogP contribution >= 0.6 is 34.7 Å². The molecule has 0 saturated heterocycles. The summed E-state index contributed by atoms with van der Waals surface area (Å²) in [5, 5.41) is 12.1. The number of esters is 1. The molecule has 0 aliphatic carbocycles. The van der Waals surface area contributed by atoms with E-state index >= 15 is 0 Å². The van der Waals surface area contributed by atoms with Gasteiger partial charge in [0, 0.05) is 21.5 Å². The van der Waals surface area contributed by atoms with Crippen LogP contribution in [0.25, 0.3) is 11.1 Å². The van der Waals surface area contributed by atoms with Crippen LogP contribution in [-0.2, 0) is 9.53 Å². The van der Waals surface area contributed by atoms with Crippen molar-refractivity contribution in [3.63, 3.8) is 0 Å². The van der Waals surface area contributed by atoms with Crippen molar-refractivity contribution in [3.8, 4) is 11.1 Å². The molecule has 0 bridgehead atoms. The van der Waals surface area contributed by atoms with Crippen LogP contribution in [0, 0.1) is 0 Å². The number of hydrogen-bond acceptors (Lipinski definition) is 8. The van der Waals surface area contributed by atoms with Gasteiger partial charge in [0.1, 0.15) is 10.6 Å². The number of benzene rings is 1. The van der Waals surface area contributed by atoms with E-state index in [1.165, 1.54) is 11.3 Å². The molecule has 8 nitrogen and oxygen atoms in total. The van der Waals surface area contributed by atoms with E-state index < -0.39 is 5.97 Å². The van der Waals surface area contributed by atoms with Crippen LogP contribution in [0.3, 0.4) is 0 Å². The van der Waals surface area contributed by atoms with E-state index in [0.717, 1.165) is 11.8 Å². The van der Waals surface area contributed by atoms with Gasteiger partial charge in [0.2, 0.25) is 17.0 Å². The third-order valence-electron chi connectivity index (χ3n) is 3.50. The zero-order chi connectivity index (χ0) is 20.1. The molecule has 4 N–H and O–H groups in total. The Morgan fingerprint density at radius 2 is 2.14 bits per heavy atom. The normalized spacial score (nSPS) is 10.6. The number of ether oxygens (including phenoxy) is 1. The van der Waals surface area contributed by atoms with Gasteiger partial charge in [0.25, 0.3) is 0 Å². The molecule has 0 fully saturated rings. The first-order valence-corrected chi connectivity index (χ1v) is 10.4. The molecule has 146 valence electrons. The third-order valence-corrected chi connectivity index (χ3v) is 5.57. The van der Waals surface area contributed by atoms with Crippen molar-refractivity contribution in [2.45, 2.75) is 12.1 Å². The summed E-state index contributed by atoms with van der Waals surface area (Å²) >= 11 is 8.63. The largest absolute Gasteiger partial charge is 0.462 e. The number of halogens is 1. The van der Waals surface area contributed by atoms with Gasteiger partial charge in [-0.3, -0.25) is 4.79 Å². The summed E-state index contributed by atoms with van der Waals surface area (Å²) in [6.45, 7) is 1.93. The second-order valence-electron chi connectivity index (χ2n) is 5.39. The number of carbonyl (C=O) groups is 2. The molecule has 0 atom stereocenters. The predicted molar refractivity (Wildman–Crippen MR) is 111 cm³/mol. The summed E-state index contributed by atoms with van der Waals surface area (Å²) in [5.41, 5.74) is 7.03. The first-order chi connectivity index (χ1) is 13.5. The highest BCUT2D eigenvalue weighted by molar-refractivity contribution is 7.99. The average Bonchev–Trinajstić information content (AvgIpc) is 3.27. The molecule has 28 heavy (non-hydrogen) atoms. The predicted octanol–water partition coefficient (Wildman–Crippen LogP) is 3.68. The maximum atomic E-state index is 12.5. The number of H-pyrrole nitrogens is 1. The number of nitrogens with two attached hydrogens (primary N) is 1. The van der Waals surface area contributed by atoms with Crippen LogP contribution in [0.15, 0.2) is 34.8 Å². The van der Waals surface area contributed by atoms with Gasteiger partial charge in [-0.2, -0.15) is 4.98 Å². The molecule has 0 radical (unpaired) electrons. The van der Waals surface area contributed by atoms with Crippen LogP contribution in [0.1, 0.15) is 17.3 Å². The lowest BCUT2D eigenvalue weighted by atomic mass is 10.0. The summed E-state index contributed by atoms with van der Waals surface area (Å²) in [4.78, 5) is 28.8. The van der Waals surface area contributed by atoms with E-state index in [2.05, 4.69) is 20.5 Å². The van der Waals surface area contributed by atoms with Crippen molar-refractivity contribution in [1.82, 2.24) is 15.2 Å². The van der Waals surface area contributed by atoms with Crippen molar-refractivity contribution in [2.75, 3.05) is 23.4 Å². The van der Waals surface area contributed by atoms with Gasteiger partial charge in [-0.1, -0.05) is 41.6 Å². The van der Waals surface area contributed by atoms with Gasteiger partial charge >= 0.3 is 5.97 Å². The quantitative estimate of drug-likeness (QED) is 0.380. The Balaban J connectivity index is 1.83. The molecule has 1 aromatic carbocycles. The molecule has 0 aliphatic heterocycles. The van der Waals surface area contributed by atoms with Crippen molar-refractivity contribution in [3.05, 3.63) is 40.2 Å². The van der Waals surface area contributed by atoms with Gasteiger partial charge in [-0.25, -0.2) is 9.89 Å². The van der Waals surface area contributed by atoms with Crippen LogP contribution < -0.4 is 11.1 Å². The Bertz CT molecular complexity index is 1000. The van der Waals surface area contributed by atoms with E-state index in [1.807, 2.05) is 12.1 Å². The molecule has 3 aromatic rings. The van der Waals surface area contributed by atoms with Crippen LogP contribution in [-0.4, -0.2) is 39.4 Å². The van der Waals surface area contributed by atoms with Gasteiger partial charge in [-0.15, -0.1) is 16.4 Å². The van der Waals surface area contributed by atoms with Gasteiger partial charge in [-0.05, 0) is 13.0 Å². The Morgan fingerprint density at radius 3 is 2.82 bits per heavy atom. The van der Waals surface area contributed by atoms with Crippen molar-refractivity contribution in [2.24, 2.45) is 0 Å². The molecule has 0 spiro atoms. The van der Waals surface area contributed by atoms with Crippen molar-refractivity contribution >= 4 is 57.5 Å². The second kappa shape index (κ2) is 9.09. The van der Waals surface area contributed by atoms with Crippen molar-refractivity contribution in [1.29, 1.82) is 0 Å². The highest BCUT2D eigenvalue weighted by Crippen LogP contribution is 2.39. The first-order valence-electron chi connectivity index (χ1n) is 8.13. The third kappa shape index (κ3) is 4.64. The minimum Gasteiger partial charge on any atom is -0.462 e. The number of nitrogens with zero attached hydrogens (tertiary/aromatic N) is 2. The van der Waals surface area contributed by atoms with Crippen LogP contribution in [0.4, 0.5) is 10.9 Å². The molecule has 11 heteroatoms. The number of anilines is 2. The lowest BCUT2D eigenvalue weighted by molar-refractivity contribution is -0.113. The zero-order valence-electron chi connectivity index (χ0n) is 14.7. The summed E-state index contributed by atoms with van der Waals surface area (Å²) in [7, 11) is 0. The number of amides is 1. The fourth-order valence-electron chi connectivity index (χ4n) is 2.35. The monoisotopic (exact) mass is 437 g/mol. The number of nitrogen functional groups attached to an aromatic ring is 1. The highest BCUT2D eigenvalue weighted by atomic mass is 35.5. The molecule has 0 aliphatic rings. The van der Waals surface area contributed by atoms with E-state index in [-0.39, 0.29) is 29.8 Å². The fourth-order valence-corrected chi connectivity index (χ4v) is 4.16. The first kappa shape index (κ1) is 20.2. The Labute approximate surface area is 173 Å². The SMILES string of the molecule is CCOC(=O)c1c(-c2ccccc2Cl)csc1NC(=O)CSc1n[nH]c(N)n1. The number of aromatic nitrogens is 3. The second-order valence-corrected chi connectivity index (χ2v) is 7.62. The van der Waals surface area contributed by atoms with Gasteiger partial charge in [0.15, 0.2) is 0 Å². The average molecular weight is 438 g/mol.